The number of carbonyl (C=O) groups is 1. The van der Waals surface area contributed by atoms with E-state index >= 15 is 0 Å². The Labute approximate surface area is 199 Å². The SMILES string of the molecule is Cc1ccc(NS(=O)(=O)c2ccc3c(c2)C2C=CCC2C(c2ccc(C(=O)O)cc2)N3)cc1C. The third kappa shape index (κ3) is 3.96. The van der Waals surface area contributed by atoms with Crippen LogP contribution in [0.2, 0.25) is 0 Å². The van der Waals surface area contributed by atoms with E-state index in [0.717, 1.165) is 34.4 Å². The van der Waals surface area contributed by atoms with Crippen molar-refractivity contribution in [2.24, 2.45) is 5.92 Å². The molecule has 0 saturated heterocycles. The van der Waals surface area contributed by atoms with Gasteiger partial charge in [0.05, 0.1) is 16.5 Å². The van der Waals surface area contributed by atoms with Gasteiger partial charge < -0.3 is 10.4 Å². The molecule has 34 heavy (non-hydrogen) atoms. The molecule has 174 valence electrons. The van der Waals surface area contributed by atoms with Crippen LogP contribution in [0.5, 0.6) is 0 Å². The van der Waals surface area contributed by atoms with E-state index in [9.17, 15) is 18.3 Å². The van der Waals surface area contributed by atoms with Gasteiger partial charge in [-0.25, -0.2) is 13.2 Å². The summed E-state index contributed by atoms with van der Waals surface area (Å²) in [6.07, 6.45) is 5.15. The summed E-state index contributed by atoms with van der Waals surface area (Å²) in [6, 6.07) is 17.7. The third-order valence-corrected chi connectivity index (χ3v) is 8.30. The van der Waals surface area contributed by atoms with Crippen LogP contribution in [0.15, 0.2) is 77.7 Å². The van der Waals surface area contributed by atoms with E-state index in [1.54, 1.807) is 30.3 Å². The average Bonchev–Trinajstić information content (AvgIpc) is 3.31. The van der Waals surface area contributed by atoms with Crippen LogP contribution in [0.25, 0.3) is 0 Å². The molecule has 1 heterocycles. The van der Waals surface area contributed by atoms with Crippen LogP contribution in [0, 0.1) is 19.8 Å². The molecule has 0 amide bonds. The molecule has 6 nitrogen and oxygen atoms in total. The minimum Gasteiger partial charge on any atom is -0.478 e. The van der Waals surface area contributed by atoms with Crippen molar-refractivity contribution in [3.05, 3.63) is 101 Å². The fraction of sp³-hybridized carbons (Fsp3) is 0.222. The maximum atomic E-state index is 13.2. The van der Waals surface area contributed by atoms with Crippen molar-refractivity contribution in [3.63, 3.8) is 0 Å². The van der Waals surface area contributed by atoms with Crippen LogP contribution in [-0.2, 0) is 10.0 Å². The molecular weight excluding hydrogens is 448 g/mol. The fourth-order valence-electron chi connectivity index (χ4n) is 4.92. The van der Waals surface area contributed by atoms with E-state index in [4.69, 9.17) is 0 Å². The summed E-state index contributed by atoms with van der Waals surface area (Å²) in [7, 11) is -3.74. The highest BCUT2D eigenvalue weighted by Gasteiger charge is 2.38. The van der Waals surface area contributed by atoms with Crippen LogP contribution in [0.4, 0.5) is 11.4 Å². The number of benzene rings is 3. The molecule has 1 aliphatic heterocycles. The number of fused-ring (bicyclic) bond motifs is 3. The van der Waals surface area contributed by atoms with Crippen LogP contribution in [0.1, 0.15) is 51.0 Å². The van der Waals surface area contributed by atoms with Crippen LogP contribution < -0.4 is 10.0 Å². The molecule has 0 aromatic heterocycles. The second-order valence-electron chi connectivity index (χ2n) is 9.06. The Morgan fingerprint density at radius 2 is 1.76 bits per heavy atom. The maximum Gasteiger partial charge on any atom is 0.335 e. The van der Waals surface area contributed by atoms with Crippen molar-refractivity contribution in [1.82, 2.24) is 0 Å². The van der Waals surface area contributed by atoms with Gasteiger partial charge in [-0.05, 0) is 90.9 Å². The number of nitrogens with one attached hydrogen (secondary N) is 2. The Morgan fingerprint density at radius 1 is 1.00 bits per heavy atom. The predicted octanol–water partition coefficient (Wildman–Crippen LogP) is 5.63. The highest BCUT2D eigenvalue weighted by Crippen LogP contribution is 2.50. The van der Waals surface area contributed by atoms with Crippen molar-refractivity contribution < 1.29 is 18.3 Å². The quantitative estimate of drug-likeness (QED) is 0.417. The number of rotatable bonds is 5. The molecule has 3 N–H and O–H groups in total. The monoisotopic (exact) mass is 474 g/mol. The number of carboxylic acid groups (broad SMARTS) is 1. The Morgan fingerprint density at radius 3 is 2.47 bits per heavy atom. The van der Waals surface area contributed by atoms with Gasteiger partial charge in [0.25, 0.3) is 10.0 Å². The largest absolute Gasteiger partial charge is 0.478 e. The molecular formula is C27H26N2O4S. The lowest BCUT2D eigenvalue weighted by Crippen LogP contribution is -2.29. The zero-order valence-corrected chi connectivity index (χ0v) is 19.8. The number of hydrogen-bond acceptors (Lipinski definition) is 4. The molecule has 3 aromatic carbocycles. The van der Waals surface area contributed by atoms with E-state index in [-0.39, 0.29) is 28.3 Å². The number of carboxylic acids is 1. The van der Waals surface area contributed by atoms with Gasteiger partial charge in [-0.15, -0.1) is 0 Å². The zero-order valence-electron chi connectivity index (χ0n) is 18.9. The van der Waals surface area contributed by atoms with Gasteiger partial charge in [0.1, 0.15) is 0 Å². The molecule has 3 atom stereocenters. The molecule has 3 unspecified atom stereocenters. The first-order valence-corrected chi connectivity index (χ1v) is 12.7. The predicted molar refractivity (Wildman–Crippen MR) is 133 cm³/mol. The number of allylic oxidation sites excluding steroid dienone is 2. The van der Waals surface area contributed by atoms with E-state index in [2.05, 4.69) is 22.2 Å². The van der Waals surface area contributed by atoms with E-state index < -0.39 is 16.0 Å². The maximum absolute atomic E-state index is 13.2. The summed E-state index contributed by atoms with van der Waals surface area (Å²) in [5.74, 6) is -0.650. The number of aromatic carboxylic acids is 1. The standard InChI is InChI=1S/C27H26N2O4S/c1-16-6-11-20(14-17(16)2)29-34(32,33)21-12-13-25-24(15-21)22-4-3-5-23(22)26(28-25)18-7-9-19(10-8-18)27(30)31/h3-4,6-15,22-23,26,28-29H,5H2,1-2H3,(H,30,31). The van der Waals surface area contributed by atoms with Crippen molar-refractivity contribution in [2.45, 2.75) is 37.1 Å². The molecule has 5 rings (SSSR count). The van der Waals surface area contributed by atoms with Crippen LogP contribution >= 0.6 is 0 Å². The fourth-order valence-corrected chi connectivity index (χ4v) is 6.01. The normalized spacial score (nSPS) is 20.8. The number of hydrogen-bond donors (Lipinski definition) is 3. The minimum absolute atomic E-state index is 0.00598. The Balaban J connectivity index is 1.46. The average molecular weight is 475 g/mol. The summed E-state index contributed by atoms with van der Waals surface area (Å²) in [6.45, 7) is 3.94. The lowest BCUT2D eigenvalue weighted by molar-refractivity contribution is 0.0697. The smallest absolute Gasteiger partial charge is 0.335 e. The highest BCUT2D eigenvalue weighted by atomic mass is 32.2. The van der Waals surface area contributed by atoms with E-state index in [0.29, 0.717) is 5.69 Å². The summed E-state index contributed by atoms with van der Waals surface area (Å²) < 4.78 is 29.0. The topological polar surface area (TPSA) is 95.5 Å². The zero-order chi connectivity index (χ0) is 24.0. The summed E-state index contributed by atoms with van der Waals surface area (Å²) in [5, 5.41) is 12.8. The Bertz CT molecular complexity index is 1410. The van der Waals surface area contributed by atoms with Gasteiger partial charge in [-0.2, -0.15) is 0 Å². The highest BCUT2D eigenvalue weighted by molar-refractivity contribution is 7.92. The van der Waals surface area contributed by atoms with Gasteiger partial charge in [0.2, 0.25) is 0 Å². The third-order valence-electron chi connectivity index (χ3n) is 6.92. The van der Waals surface area contributed by atoms with Crippen molar-refractivity contribution in [1.29, 1.82) is 0 Å². The van der Waals surface area contributed by atoms with Crippen molar-refractivity contribution in [3.8, 4) is 0 Å². The molecule has 7 heteroatoms. The first-order chi connectivity index (χ1) is 16.2. The van der Waals surface area contributed by atoms with Crippen LogP contribution in [0.3, 0.4) is 0 Å². The van der Waals surface area contributed by atoms with E-state index in [1.807, 2.05) is 44.2 Å². The molecule has 0 saturated carbocycles. The molecule has 0 radical (unpaired) electrons. The van der Waals surface area contributed by atoms with Gasteiger partial charge in [0.15, 0.2) is 0 Å². The molecule has 1 aliphatic carbocycles. The van der Waals surface area contributed by atoms with Gasteiger partial charge in [-0.1, -0.05) is 30.4 Å². The number of sulfonamides is 1. The molecule has 0 bridgehead atoms. The van der Waals surface area contributed by atoms with Gasteiger partial charge >= 0.3 is 5.97 Å². The molecule has 3 aromatic rings. The first kappa shape index (κ1) is 22.2. The molecule has 2 aliphatic rings. The van der Waals surface area contributed by atoms with Gasteiger partial charge in [-0.3, -0.25) is 4.72 Å². The van der Waals surface area contributed by atoms with Gasteiger partial charge in [0, 0.05) is 17.3 Å². The Hall–Kier alpha value is -3.58. The van der Waals surface area contributed by atoms with Crippen molar-refractivity contribution in [2.75, 3.05) is 10.0 Å². The second-order valence-corrected chi connectivity index (χ2v) is 10.7. The lowest BCUT2D eigenvalue weighted by Gasteiger charge is -2.37. The summed E-state index contributed by atoms with van der Waals surface area (Å²) >= 11 is 0. The van der Waals surface area contributed by atoms with E-state index in [1.165, 1.54) is 0 Å². The molecule has 0 fully saturated rings. The summed E-state index contributed by atoms with van der Waals surface area (Å²) in [5.41, 5.74) is 5.80. The lowest BCUT2D eigenvalue weighted by atomic mass is 9.77. The second kappa shape index (κ2) is 8.33. The Kier molecular flexibility index (Phi) is 5.44. The number of aryl methyl sites for hydroxylation is 2. The summed E-state index contributed by atoms with van der Waals surface area (Å²) in [4.78, 5) is 11.4. The number of anilines is 2. The first-order valence-electron chi connectivity index (χ1n) is 11.2. The van der Waals surface area contributed by atoms with Crippen molar-refractivity contribution >= 4 is 27.4 Å². The minimum atomic E-state index is -3.74. The van der Waals surface area contributed by atoms with Crippen LogP contribution in [-0.4, -0.2) is 19.5 Å². The molecule has 0 spiro atoms.